The molecule has 0 spiro atoms. The van der Waals surface area contributed by atoms with Gasteiger partial charge in [0.25, 0.3) is 0 Å². The van der Waals surface area contributed by atoms with Crippen molar-refractivity contribution in [2.45, 2.75) is 20.3 Å². The molecule has 0 aliphatic heterocycles. The van der Waals surface area contributed by atoms with Gasteiger partial charge in [0.1, 0.15) is 17.3 Å². The summed E-state index contributed by atoms with van der Waals surface area (Å²) in [5.41, 5.74) is 3.73. The number of hydrogen-bond acceptors (Lipinski definition) is 5. The fraction of sp³-hybridized carbons (Fsp3) is 0.269. The number of pyridine rings is 1. The average Bonchev–Trinajstić information content (AvgIpc) is 2.78. The number of para-hydroxylation sites is 1. The van der Waals surface area contributed by atoms with E-state index in [-0.39, 0.29) is 0 Å². The second-order valence-corrected chi connectivity index (χ2v) is 6.99. The van der Waals surface area contributed by atoms with Gasteiger partial charge in [-0.1, -0.05) is 44.3 Å². The molecule has 0 saturated carbocycles. The molecule has 31 heavy (non-hydrogen) atoms. The van der Waals surface area contributed by atoms with E-state index in [9.17, 15) is 0 Å². The van der Waals surface area contributed by atoms with Crippen molar-refractivity contribution in [3.05, 3.63) is 84.4 Å². The van der Waals surface area contributed by atoms with Crippen molar-refractivity contribution >= 4 is 16.5 Å². The van der Waals surface area contributed by atoms with Crippen LogP contribution in [0.2, 0.25) is 0 Å². The Labute approximate surface area is 185 Å². The van der Waals surface area contributed by atoms with Gasteiger partial charge in [0.2, 0.25) is 0 Å². The standard InChI is InChI=1S/C24H26N2O2.C2H6O/c1-6-23-22-14-20(28-19-10-8-7-9-11-19)12-13-21(22)17(3)24(26-23)18(4)25-15-16(2)27-5;1-3-2/h7-14,25H,2,4,6,15H2,1,3,5H3;1-2H3. The molecule has 3 aromatic rings. The van der Waals surface area contributed by atoms with Gasteiger partial charge in [-0.2, -0.15) is 0 Å². The van der Waals surface area contributed by atoms with Gasteiger partial charge in [0, 0.05) is 25.3 Å². The van der Waals surface area contributed by atoms with Crippen molar-refractivity contribution in [2.24, 2.45) is 0 Å². The number of ether oxygens (including phenoxy) is 3. The highest BCUT2D eigenvalue weighted by atomic mass is 16.5. The van der Waals surface area contributed by atoms with Crippen LogP contribution in [0.3, 0.4) is 0 Å². The molecular weight excluding hydrogens is 388 g/mol. The van der Waals surface area contributed by atoms with E-state index in [1.165, 1.54) is 0 Å². The number of methoxy groups -OCH3 is 2. The van der Waals surface area contributed by atoms with E-state index < -0.39 is 0 Å². The first-order valence-corrected chi connectivity index (χ1v) is 10.2. The fourth-order valence-corrected chi connectivity index (χ4v) is 3.11. The Bertz CT molecular complexity index is 1030. The number of nitrogens with zero attached hydrogens (tertiary/aromatic N) is 1. The molecule has 1 heterocycles. The van der Waals surface area contributed by atoms with Crippen LogP contribution < -0.4 is 10.1 Å². The maximum atomic E-state index is 6.00. The molecule has 164 valence electrons. The van der Waals surface area contributed by atoms with Crippen LogP contribution in [0.15, 0.2) is 67.4 Å². The molecule has 0 fully saturated rings. The number of fused-ring (bicyclic) bond motifs is 1. The molecule has 0 radical (unpaired) electrons. The minimum absolute atomic E-state index is 0.500. The smallest absolute Gasteiger partial charge is 0.128 e. The van der Waals surface area contributed by atoms with Crippen molar-refractivity contribution in [2.75, 3.05) is 27.9 Å². The lowest BCUT2D eigenvalue weighted by molar-refractivity contribution is 0.277. The van der Waals surface area contributed by atoms with Crippen LogP contribution in [0.1, 0.15) is 23.9 Å². The largest absolute Gasteiger partial charge is 0.500 e. The maximum Gasteiger partial charge on any atom is 0.128 e. The first kappa shape index (κ1) is 24.0. The van der Waals surface area contributed by atoms with E-state index >= 15 is 0 Å². The first-order valence-electron chi connectivity index (χ1n) is 10.2. The molecule has 5 nitrogen and oxygen atoms in total. The van der Waals surface area contributed by atoms with Gasteiger partial charge in [0.05, 0.1) is 25.0 Å². The molecule has 3 rings (SSSR count). The third-order valence-electron chi connectivity index (χ3n) is 4.70. The van der Waals surface area contributed by atoms with Gasteiger partial charge in [-0.15, -0.1) is 0 Å². The van der Waals surface area contributed by atoms with E-state index in [0.717, 1.165) is 51.3 Å². The number of aryl methyl sites for hydroxylation is 2. The summed E-state index contributed by atoms with van der Waals surface area (Å²) in [5, 5.41) is 5.50. The minimum atomic E-state index is 0.500. The number of hydrogen-bond donors (Lipinski definition) is 1. The van der Waals surface area contributed by atoms with Crippen LogP contribution in [-0.2, 0) is 15.9 Å². The highest BCUT2D eigenvalue weighted by Crippen LogP contribution is 2.31. The van der Waals surface area contributed by atoms with Crippen molar-refractivity contribution in [3.8, 4) is 11.5 Å². The highest BCUT2D eigenvalue weighted by Gasteiger charge is 2.14. The molecule has 0 atom stereocenters. The van der Waals surface area contributed by atoms with Gasteiger partial charge in [-0.3, -0.25) is 4.98 Å². The number of aromatic nitrogens is 1. The molecule has 0 bridgehead atoms. The summed E-state index contributed by atoms with van der Waals surface area (Å²) in [6.07, 6.45) is 0.816. The normalized spacial score (nSPS) is 10.1. The third-order valence-corrected chi connectivity index (χ3v) is 4.70. The average molecular weight is 421 g/mol. The second kappa shape index (κ2) is 11.8. The maximum absolute atomic E-state index is 6.00. The summed E-state index contributed by atoms with van der Waals surface area (Å²) < 4.78 is 15.4. The van der Waals surface area contributed by atoms with Crippen LogP contribution in [0, 0.1) is 6.92 Å². The SMILES string of the molecule is C=C(CNC(=C)c1nc(CC)c2cc(Oc3ccccc3)ccc2c1C)OC.COC. The molecule has 1 N–H and O–H groups in total. The monoisotopic (exact) mass is 420 g/mol. The number of nitrogens with one attached hydrogen (secondary N) is 1. The molecule has 5 heteroatoms. The Hall–Kier alpha value is -3.31. The van der Waals surface area contributed by atoms with Crippen molar-refractivity contribution in [3.63, 3.8) is 0 Å². The summed E-state index contributed by atoms with van der Waals surface area (Å²) >= 11 is 0. The zero-order valence-electron chi connectivity index (χ0n) is 19.1. The molecular formula is C26H32N2O3. The molecule has 0 unspecified atom stereocenters. The molecule has 0 aliphatic carbocycles. The van der Waals surface area contributed by atoms with E-state index in [0.29, 0.717) is 12.3 Å². The lowest BCUT2D eigenvalue weighted by atomic mass is 10.00. The van der Waals surface area contributed by atoms with Gasteiger partial charge in [-0.25, -0.2) is 0 Å². The Morgan fingerprint density at radius 1 is 0.968 bits per heavy atom. The predicted molar refractivity (Wildman–Crippen MR) is 128 cm³/mol. The molecule has 0 amide bonds. The summed E-state index contributed by atoms with van der Waals surface area (Å²) in [7, 11) is 4.86. The Morgan fingerprint density at radius 2 is 1.65 bits per heavy atom. The second-order valence-electron chi connectivity index (χ2n) is 6.99. The van der Waals surface area contributed by atoms with E-state index in [1.54, 1.807) is 21.3 Å². The highest BCUT2D eigenvalue weighted by molar-refractivity contribution is 5.91. The lowest BCUT2D eigenvalue weighted by Crippen LogP contribution is -2.17. The number of rotatable bonds is 8. The van der Waals surface area contributed by atoms with E-state index in [1.807, 2.05) is 36.4 Å². The Kier molecular flexibility index (Phi) is 9.10. The summed E-state index contributed by atoms with van der Waals surface area (Å²) in [6, 6.07) is 15.9. The molecule has 1 aromatic heterocycles. The van der Waals surface area contributed by atoms with Crippen molar-refractivity contribution < 1.29 is 14.2 Å². The minimum Gasteiger partial charge on any atom is -0.500 e. The van der Waals surface area contributed by atoms with Crippen LogP contribution in [0.5, 0.6) is 11.5 Å². The molecule has 0 aliphatic rings. The summed E-state index contributed by atoms with van der Waals surface area (Å²) in [4.78, 5) is 4.88. The van der Waals surface area contributed by atoms with Crippen LogP contribution >= 0.6 is 0 Å². The van der Waals surface area contributed by atoms with Gasteiger partial charge in [0.15, 0.2) is 0 Å². The van der Waals surface area contributed by atoms with Gasteiger partial charge >= 0.3 is 0 Å². The zero-order valence-corrected chi connectivity index (χ0v) is 19.1. The van der Waals surface area contributed by atoms with Gasteiger partial charge < -0.3 is 19.5 Å². The third kappa shape index (κ3) is 6.33. The quantitative estimate of drug-likeness (QED) is 0.461. The predicted octanol–water partition coefficient (Wildman–Crippen LogP) is 5.88. The van der Waals surface area contributed by atoms with Gasteiger partial charge in [-0.05, 0) is 48.6 Å². The summed E-state index contributed by atoms with van der Waals surface area (Å²) in [6.45, 7) is 12.7. The van der Waals surface area contributed by atoms with Crippen LogP contribution in [0.4, 0.5) is 0 Å². The number of benzene rings is 2. The Balaban J connectivity index is 0.00000107. The lowest BCUT2D eigenvalue weighted by Gasteiger charge is -2.17. The van der Waals surface area contributed by atoms with Crippen LogP contribution in [-0.4, -0.2) is 32.9 Å². The van der Waals surface area contributed by atoms with Crippen molar-refractivity contribution in [1.29, 1.82) is 0 Å². The van der Waals surface area contributed by atoms with E-state index in [4.69, 9.17) is 14.5 Å². The molecule has 2 aromatic carbocycles. The molecule has 0 saturated heterocycles. The Morgan fingerprint density at radius 3 is 2.26 bits per heavy atom. The first-order chi connectivity index (χ1) is 14.9. The topological polar surface area (TPSA) is 52.6 Å². The van der Waals surface area contributed by atoms with E-state index in [2.05, 4.69) is 49.2 Å². The van der Waals surface area contributed by atoms with Crippen molar-refractivity contribution in [1.82, 2.24) is 10.3 Å². The van der Waals surface area contributed by atoms with Crippen LogP contribution in [0.25, 0.3) is 16.5 Å². The zero-order chi connectivity index (χ0) is 22.8. The fourth-order valence-electron chi connectivity index (χ4n) is 3.11. The summed E-state index contributed by atoms with van der Waals surface area (Å²) in [5.74, 6) is 2.27.